The molecule has 0 aliphatic heterocycles. The summed E-state index contributed by atoms with van der Waals surface area (Å²) in [6, 6.07) is 9.73. The van der Waals surface area contributed by atoms with Crippen molar-refractivity contribution in [3.05, 3.63) is 52.2 Å². The van der Waals surface area contributed by atoms with Gasteiger partial charge in [0.1, 0.15) is 0 Å². The minimum Gasteiger partial charge on any atom is -0.383 e. The molecule has 1 heterocycles. The number of carbonyl (C=O) groups is 1. The van der Waals surface area contributed by atoms with Gasteiger partial charge in [-0.3, -0.25) is 4.79 Å². The van der Waals surface area contributed by atoms with Gasteiger partial charge in [0, 0.05) is 43.7 Å². The van der Waals surface area contributed by atoms with Gasteiger partial charge in [0.05, 0.1) is 11.5 Å². The van der Waals surface area contributed by atoms with Crippen molar-refractivity contribution in [2.75, 3.05) is 33.4 Å². The maximum Gasteiger partial charge on any atom is 0.251 e. The number of ether oxygens (including phenoxy) is 1. The Kier molecular flexibility index (Phi) is 8.20. The molecule has 0 aliphatic rings. The largest absolute Gasteiger partial charge is 0.383 e. The number of nitrogens with one attached hydrogen (secondary N) is 3. The van der Waals surface area contributed by atoms with Crippen molar-refractivity contribution >= 4 is 27.3 Å². The first kappa shape index (κ1) is 20.5. The third kappa shape index (κ3) is 6.50. The van der Waals surface area contributed by atoms with Crippen molar-refractivity contribution in [2.24, 2.45) is 0 Å². The smallest absolute Gasteiger partial charge is 0.251 e. The predicted octanol–water partition coefficient (Wildman–Crippen LogP) is 1.19. The van der Waals surface area contributed by atoms with E-state index in [9.17, 15) is 13.2 Å². The number of thiophene rings is 1. The number of amides is 1. The van der Waals surface area contributed by atoms with Crippen molar-refractivity contribution in [2.45, 2.75) is 11.4 Å². The van der Waals surface area contributed by atoms with E-state index in [4.69, 9.17) is 4.74 Å². The zero-order valence-electron chi connectivity index (χ0n) is 14.5. The number of hydrogen-bond donors (Lipinski definition) is 3. The van der Waals surface area contributed by atoms with Crippen LogP contribution in [0.3, 0.4) is 0 Å². The van der Waals surface area contributed by atoms with Crippen molar-refractivity contribution in [1.29, 1.82) is 0 Å². The first-order valence-electron chi connectivity index (χ1n) is 8.13. The number of methoxy groups -OCH3 is 1. The number of hydrogen-bond acceptors (Lipinski definition) is 6. The number of sulfonamides is 1. The molecule has 0 unspecified atom stereocenters. The molecular formula is C17H23N3O4S2. The average molecular weight is 398 g/mol. The molecule has 3 N–H and O–H groups in total. The van der Waals surface area contributed by atoms with E-state index >= 15 is 0 Å². The summed E-state index contributed by atoms with van der Waals surface area (Å²) in [5.74, 6) is -0.311. The third-order valence-electron chi connectivity index (χ3n) is 3.49. The van der Waals surface area contributed by atoms with Gasteiger partial charge in [-0.1, -0.05) is 12.1 Å². The molecule has 1 amide bonds. The summed E-state index contributed by atoms with van der Waals surface area (Å²) in [5.41, 5.74) is 0.306. The Hall–Kier alpha value is -1.78. The Morgan fingerprint density at radius 2 is 2.00 bits per heavy atom. The highest BCUT2D eigenvalue weighted by Crippen LogP contribution is 2.14. The summed E-state index contributed by atoms with van der Waals surface area (Å²) >= 11 is 1.48. The molecular weight excluding hydrogens is 374 g/mol. The molecule has 2 rings (SSSR count). The van der Waals surface area contributed by atoms with Crippen LogP contribution in [-0.4, -0.2) is 47.7 Å². The molecule has 1 aromatic carbocycles. The summed E-state index contributed by atoms with van der Waals surface area (Å²) in [4.78, 5) is 13.2. The fraction of sp³-hybridized carbons (Fsp3) is 0.353. The molecule has 0 spiro atoms. The van der Waals surface area contributed by atoms with Crippen LogP contribution in [0.1, 0.15) is 15.2 Å². The fourth-order valence-corrected chi connectivity index (χ4v) is 3.92. The fourth-order valence-electron chi connectivity index (χ4n) is 2.13. The van der Waals surface area contributed by atoms with Crippen LogP contribution in [0, 0.1) is 0 Å². The van der Waals surface area contributed by atoms with Gasteiger partial charge in [-0.15, -0.1) is 11.3 Å². The van der Waals surface area contributed by atoms with Crippen LogP contribution in [0.4, 0.5) is 0 Å². The molecule has 0 bridgehead atoms. The molecule has 0 radical (unpaired) electrons. The zero-order valence-corrected chi connectivity index (χ0v) is 16.2. The van der Waals surface area contributed by atoms with Gasteiger partial charge in [-0.05, 0) is 29.6 Å². The first-order chi connectivity index (χ1) is 12.5. The van der Waals surface area contributed by atoms with E-state index in [-0.39, 0.29) is 17.3 Å². The quantitative estimate of drug-likeness (QED) is 0.495. The zero-order chi connectivity index (χ0) is 18.8. The van der Waals surface area contributed by atoms with Crippen molar-refractivity contribution in [3.63, 3.8) is 0 Å². The van der Waals surface area contributed by atoms with Crippen molar-refractivity contribution < 1.29 is 17.9 Å². The molecule has 0 atom stereocenters. The summed E-state index contributed by atoms with van der Waals surface area (Å²) in [6.45, 7) is 2.58. The van der Waals surface area contributed by atoms with Gasteiger partial charge in [0.25, 0.3) is 5.91 Å². The van der Waals surface area contributed by atoms with Crippen LogP contribution in [0.5, 0.6) is 0 Å². The molecule has 9 heteroatoms. The lowest BCUT2D eigenvalue weighted by atomic mass is 10.2. The van der Waals surface area contributed by atoms with Crippen LogP contribution in [0.15, 0.2) is 46.7 Å². The van der Waals surface area contributed by atoms with Crippen LogP contribution in [0.2, 0.25) is 0 Å². The minimum atomic E-state index is -3.68. The third-order valence-corrected chi connectivity index (χ3v) is 5.77. The summed E-state index contributed by atoms with van der Waals surface area (Å²) in [5, 5.41) is 7.75. The van der Waals surface area contributed by atoms with E-state index in [1.807, 2.05) is 17.5 Å². The van der Waals surface area contributed by atoms with Gasteiger partial charge in [0.15, 0.2) is 0 Å². The lowest BCUT2D eigenvalue weighted by molar-refractivity contribution is 0.0953. The second-order valence-corrected chi connectivity index (χ2v) is 8.23. The second-order valence-electron chi connectivity index (χ2n) is 5.43. The standard InChI is InChI=1S/C17H23N3O4S2/c1-24-10-9-18-7-8-19-17(21)14-4-2-6-16(12-14)26(22,23)20-13-15-5-3-11-25-15/h2-6,11-12,18,20H,7-10,13H2,1H3,(H,19,21). The van der Waals surface area contributed by atoms with Gasteiger partial charge in [-0.2, -0.15) is 0 Å². The Bertz CT molecular complexity index is 792. The van der Waals surface area contributed by atoms with Gasteiger partial charge in [-0.25, -0.2) is 13.1 Å². The van der Waals surface area contributed by atoms with Gasteiger partial charge < -0.3 is 15.4 Å². The second kappa shape index (κ2) is 10.4. The lowest BCUT2D eigenvalue weighted by Gasteiger charge is -2.09. The molecule has 0 aliphatic carbocycles. The summed E-state index contributed by atoms with van der Waals surface area (Å²) in [7, 11) is -2.05. The predicted molar refractivity (Wildman–Crippen MR) is 102 cm³/mol. The van der Waals surface area contributed by atoms with Crippen LogP contribution < -0.4 is 15.4 Å². The summed E-state index contributed by atoms with van der Waals surface area (Å²) < 4.78 is 32.3. The molecule has 26 heavy (non-hydrogen) atoms. The Morgan fingerprint density at radius 1 is 1.15 bits per heavy atom. The van der Waals surface area contributed by atoms with E-state index < -0.39 is 10.0 Å². The number of carbonyl (C=O) groups excluding carboxylic acids is 1. The highest BCUT2D eigenvalue weighted by atomic mass is 32.2. The highest BCUT2D eigenvalue weighted by molar-refractivity contribution is 7.89. The van der Waals surface area contributed by atoms with Crippen LogP contribution >= 0.6 is 11.3 Å². The van der Waals surface area contributed by atoms with E-state index in [2.05, 4.69) is 15.4 Å². The Morgan fingerprint density at radius 3 is 2.73 bits per heavy atom. The van der Waals surface area contributed by atoms with Crippen LogP contribution in [0.25, 0.3) is 0 Å². The monoisotopic (exact) mass is 397 g/mol. The van der Waals surface area contributed by atoms with Crippen molar-refractivity contribution in [3.8, 4) is 0 Å². The summed E-state index contributed by atoms with van der Waals surface area (Å²) in [6.07, 6.45) is 0. The SMILES string of the molecule is COCCNCCNC(=O)c1cccc(S(=O)(=O)NCc2cccs2)c1. The van der Waals surface area contributed by atoms with E-state index in [0.29, 0.717) is 31.8 Å². The molecule has 1 aromatic heterocycles. The number of rotatable bonds is 11. The molecule has 0 fully saturated rings. The highest BCUT2D eigenvalue weighted by Gasteiger charge is 2.16. The molecule has 2 aromatic rings. The molecule has 7 nitrogen and oxygen atoms in total. The first-order valence-corrected chi connectivity index (χ1v) is 10.5. The van der Waals surface area contributed by atoms with Crippen LogP contribution in [-0.2, 0) is 21.3 Å². The molecule has 0 saturated carbocycles. The molecule has 0 saturated heterocycles. The molecule has 142 valence electrons. The minimum absolute atomic E-state index is 0.0694. The Labute approximate surface area is 157 Å². The van der Waals surface area contributed by atoms with Gasteiger partial charge in [0.2, 0.25) is 10.0 Å². The van der Waals surface area contributed by atoms with E-state index in [1.165, 1.54) is 23.5 Å². The topological polar surface area (TPSA) is 96.5 Å². The normalized spacial score (nSPS) is 11.4. The average Bonchev–Trinajstić information content (AvgIpc) is 3.16. The maximum atomic E-state index is 12.4. The lowest BCUT2D eigenvalue weighted by Crippen LogP contribution is -2.33. The number of benzene rings is 1. The van der Waals surface area contributed by atoms with Crippen molar-refractivity contribution in [1.82, 2.24) is 15.4 Å². The van der Waals surface area contributed by atoms with Gasteiger partial charge >= 0.3 is 0 Å². The van der Waals surface area contributed by atoms with E-state index in [0.717, 1.165) is 4.88 Å². The van der Waals surface area contributed by atoms with E-state index in [1.54, 1.807) is 19.2 Å². The Balaban J connectivity index is 1.90. The maximum absolute atomic E-state index is 12.4.